The molecule has 0 aliphatic carbocycles. The summed E-state index contributed by atoms with van der Waals surface area (Å²) in [6, 6.07) is 1.82. The van der Waals surface area contributed by atoms with Crippen LogP contribution in [0.15, 0.2) is 24.7 Å². The molecule has 2 aliphatic heterocycles. The molecule has 2 unspecified atom stereocenters. The molecule has 2 aliphatic rings. The third-order valence-electron chi connectivity index (χ3n) is 6.23. The van der Waals surface area contributed by atoms with Crippen LogP contribution in [0.25, 0.3) is 0 Å². The van der Waals surface area contributed by atoms with E-state index < -0.39 is 5.97 Å². The Labute approximate surface area is 158 Å². The number of aliphatic carboxylic acids is 1. The number of carbonyl (C=O) groups is 1. The molecule has 0 aromatic carbocycles. The lowest BCUT2D eigenvalue weighted by molar-refractivity contribution is -0.137. The van der Waals surface area contributed by atoms with Crippen molar-refractivity contribution in [1.29, 1.82) is 0 Å². The van der Waals surface area contributed by atoms with Crippen molar-refractivity contribution in [2.45, 2.75) is 26.3 Å². The Balaban J connectivity index is 1.51. The summed E-state index contributed by atoms with van der Waals surface area (Å²) in [4.78, 5) is 24.7. The molecule has 4 heterocycles. The van der Waals surface area contributed by atoms with Gasteiger partial charge in [0.05, 0.1) is 6.20 Å². The minimum atomic E-state index is -0.723. The van der Waals surface area contributed by atoms with Crippen molar-refractivity contribution >= 4 is 11.9 Å². The number of nitrogens with zero attached hydrogens (tertiary/aromatic N) is 6. The van der Waals surface area contributed by atoms with Crippen LogP contribution in [0.5, 0.6) is 0 Å². The third kappa shape index (κ3) is 3.41. The van der Waals surface area contributed by atoms with Crippen molar-refractivity contribution in [3.05, 3.63) is 35.9 Å². The van der Waals surface area contributed by atoms with Crippen LogP contribution >= 0.6 is 0 Å². The number of aryl methyl sites for hydroxylation is 1. The number of hydrogen-bond acceptors (Lipinski definition) is 6. The van der Waals surface area contributed by atoms with E-state index in [2.05, 4.69) is 31.8 Å². The molecule has 144 valence electrons. The van der Waals surface area contributed by atoms with E-state index in [0.29, 0.717) is 12.3 Å². The lowest BCUT2D eigenvalue weighted by Crippen LogP contribution is -2.35. The average molecular weight is 370 g/mol. The Kier molecular flexibility index (Phi) is 4.59. The molecule has 0 saturated carbocycles. The molecule has 27 heavy (non-hydrogen) atoms. The van der Waals surface area contributed by atoms with Crippen LogP contribution in [0.4, 0.5) is 5.95 Å². The van der Waals surface area contributed by atoms with E-state index in [1.54, 1.807) is 12.4 Å². The second-order valence-electron chi connectivity index (χ2n) is 7.93. The van der Waals surface area contributed by atoms with Crippen molar-refractivity contribution in [3.63, 3.8) is 0 Å². The molecule has 8 heteroatoms. The third-order valence-corrected chi connectivity index (χ3v) is 6.23. The first-order chi connectivity index (χ1) is 13.0. The molecular formula is C19H26N6O2. The van der Waals surface area contributed by atoms with E-state index in [1.807, 2.05) is 24.0 Å². The summed E-state index contributed by atoms with van der Waals surface area (Å²) in [7, 11) is 1.96. The maximum absolute atomic E-state index is 11.2. The predicted octanol–water partition coefficient (Wildman–Crippen LogP) is 1.32. The Morgan fingerprint density at radius 2 is 2.07 bits per heavy atom. The highest BCUT2D eigenvalue weighted by Crippen LogP contribution is 2.46. The number of hydrogen-bond donors (Lipinski definition) is 1. The molecule has 4 rings (SSSR count). The van der Waals surface area contributed by atoms with Gasteiger partial charge in [0.2, 0.25) is 5.95 Å². The summed E-state index contributed by atoms with van der Waals surface area (Å²) in [6.07, 6.45) is 6.37. The fourth-order valence-electron chi connectivity index (χ4n) is 4.67. The average Bonchev–Trinajstić information content (AvgIpc) is 3.27. The summed E-state index contributed by atoms with van der Waals surface area (Å²) >= 11 is 0. The van der Waals surface area contributed by atoms with Crippen molar-refractivity contribution in [2.75, 3.05) is 31.1 Å². The number of fused-ring (bicyclic) bond motifs is 1. The molecule has 0 radical (unpaired) electrons. The number of carboxylic acid groups (broad SMARTS) is 1. The largest absolute Gasteiger partial charge is 0.481 e. The smallest absolute Gasteiger partial charge is 0.303 e. The SMILES string of the molecule is Cc1c(CN2CC3CN(c4ncccn4)CC3(CCC(=O)O)C2)cnn1C. The number of anilines is 1. The molecule has 2 atom stereocenters. The van der Waals surface area contributed by atoms with Gasteiger partial charge in [-0.1, -0.05) is 0 Å². The fraction of sp³-hybridized carbons (Fsp3) is 0.579. The van der Waals surface area contributed by atoms with Gasteiger partial charge < -0.3 is 10.0 Å². The molecule has 0 bridgehead atoms. The molecule has 0 spiro atoms. The summed E-state index contributed by atoms with van der Waals surface area (Å²) in [5.74, 6) is 0.452. The fourth-order valence-corrected chi connectivity index (χ4v) is 4.67. The number of rotatable bonds is 6. The second-order valence-corrected chi connectivity index (χ2v) is 7.93. The molecule has 0 amide bonds. The van der Waals surface area contributed by atoms with E-state index in [0.717, 1.165) is 38.7 Å². The maximum Gasteiger partial charge on any atom is 0.303 e. The van der Waals surface area contributed by atoms with Gasteiger partial charge in [-0.3, -0.25) is 14.4 Å². The number of carboxylic acids is 1. The van der Waals surface area contributed by atoms with Crippen LogP contribution in [0.1, 0.15) is 24.1 Å². The van der Waals surface area contributed by atoms with Gasteiger partial charge in [-0.25, -0.2) is 9.97 Å². The summed E-state index contributed by atoms with van der Waals surface area (Å²) < 4.78 is 1.90. The topological polar surface area (TPSA) is 87.4 Å². The van der Waals surface area contributed by atoms with Gasteiger partial charge in [0.25, 0.3) is 0 Å². The van der Waals surface area contributed by atoms with Crippen LogP contribution in [0, 0.1) is 18.3 Å². The zero-order valence-corrected chi connectivity index (χ0v) is 15.9. The minimum absolute atomic E-state index is 0.0201. The molecular weight excluding hydrogens is 344 g/mol. The van der Waals surface area contributed by atoms with Gasteiger partial charge in [-0.15, -0.1) is 0 Å². The van der Waals surface area contributed by atoms with E-state index in [4.69, 9.17) is 0 Å². The van der Waals surface area contributed by atoms with Crippen LogP contribution in [-0.4, -0.2) is 61.9 Å². The number of aromatic nitrogens is 4. The highest BCUT2D eigenvalue weighted by atomic mass is 16.4. The van der Waals surface area contributed by atoms with Crippen molar-refractivity contribution < 1.29 is 9.90 Å². The second kappa shape index (κ2) is 6.92. The summed E-state index contributed by atoms with van der Waals surface area (Å²) in [5.41, 5.74) is 2.41. The normalized spacial score (nSPS) is 25.1. The van der Waals surface area contributed by atoms with E-state index in [-0.39, 0.29) is 11.8 Å². The Hall–Kier alpha value is -2.48. The monoisotopic (exact) mass is 370 g/mol. The highest BCUT2D eigenvalue weighted by molar-refractivity contribution is 5.66. The zero-order valence-electron chi connectivity index (χ0n) is 15.9. The lowest BCUT2D eigenvalue weighted by atomic mass is 9.77. The zero-order chi connectivity index (χ0) is 19.0. The lowest BCUT2D eigenvalue weighted by Gasteiger charge is -2.29. The van der Waals surface area contributed by atoms with Crippen LogP contribution in [0.2, 0.25) is 0 Å². The predicted molar refractivity (Wildman–Crippen MR) is 100 cm³/mol. The van der Waals surface area contributed by atoms with Crippen LogP contribution in [0.3, 0.4) is 0 Å². The van der Waals surface area contributed by atoms with Crippen molar-refractivity contribution in [1.82, 2.24) is 24.6 Å². The van der Waals surface area contributed by atoms with E-state index >= 15 is 0 Å². The van der Waals surface area contributed by atoms with Gasteiger partial charge in [-0.05, 0) is 25.3 Å². The summed E-state index contributed by atoms with van der Waals surface area (Å²) in [6.45, 7) is 6.53. The quantitative estimate of drug-likeness (QED) is 0.820. The first kappa shape index (κ1) is 17.9. The molecule has 1 N–H and O–H groups in total. The molecule has 8 nitrogen and oxygen atoms in total. The molecule has 2 saturated heterocycles. The van der Waals surface area contributed by atoms with Gasteiger partial charge in [0, 0.05) is 75.3 Å². The first-order valence-corrected chi connectivity index (χ1v) is 9.40. The highest BCUT2D eigenvalue weighted by Gasteiger charge is 2.52. The summed E-state index contributed by atoms with van der Waals surface area (Å²) in [5, 5.41) is 13.6. The van der Waals surface area contributed by atoms with Gasteiger partial charge in [0.15, 0.2) is 0 Å². The molecule has 2 aromatic heterocycles. The van der Waals surface area contributed by atoms with Crippen molar-refractivity contribution in [3.8, 4) is 0 Å². The van der Waals surface area contributed by atoms with Crippen molar-refractivity contribution in [2.24, 2.45) is 18.4 Å². The first-order valence-electron chi connectivity index (χ1n) is 9.40. The molecule has 2 aromatic rings. The van der Waals surface area contributed by atoms with Crippen LogP contribution < -0.4 is 4.90 Å². The maximum atomic E-state index is 11.2. The van der Waals surface area contributed by atoms with Gasteiger partial charge in [0.1, 0.15) is 0 Å². The van der Waals surface area contributed by atoms with Gasteiger partial charge in [-0.2, -0.15) is 5.10 Å². The number of likely N-dealkylation sites (tertiary alicyclic amines) is 1. The Bertz CT molecular complexity index is 823. The minimum Gasteiger partial charge on any atom is -0.481 e. The van der Waals surface area contributed by atoms with E-state index in [1.165, 1.54) is 11.3 Å². The van der Waals surface area contributed by atoms with E-state index in [9.17, 15) is 9.90 Å². The van der Waals surface area contributed by atoms with Gasteiger partial charge >= 0.3 is 5.97 Å². The standard InChI is InChI=1S/C19H26N6O2/c1-14-15(8-22-23(14)2)9-24-10-16-11-25(18-20-6-3-7-21-18)13-19(16,12-24)5-4-17(26)27/h3,6-8,16H,4-5,9-13H2,1-2H3,(H,26,27). The Morgan fingerprint density at radius 1 is 1.30 bits per heavy atom. The molecule has 2 fully saturated rings. The van der Waals surface area contributed by atoms with Crippen LogP contribution in [-0.2, 0) is 18.4 Å². The Morgan fingerprint density at radius 3 is 2.74 bits per heavy atom.